The number of ether oxygens (including phenoxy) is 3. The van der Waals surface area contributed by atoms with Gasteiger partial charge in [-0.05, 0) is 26.7 Å². The highest BCUT2D eigenvalue weighted by atomic mass is 16.6. The standard InChI is InChI=1S/C21H33N3O7/c1-3-30-20(28)15-14-4-5-21(31-14)16(15)19(27)24(13(2)12-25)17(21)18(26)22-6-7-23-8-10-29-11-9-23/h13-17,25H,3-12H2,1-2H3,(H,22,26)/t13-,14-,15+,16+,17-,21+/m1/s1. The molecule has 10 heteroatoms. The fraction of sp³-hybridized carbons (Fsp3) is 0.857. The average Bonchev–Trinajstić information content (AvgIpc) is 3.41. The Morgan fingerprint density at radius 1 is 1.35 bits per heavy atom. The molecule has 0 aromatic rings. The molecule has 4 heterocycles. The van der Waals surface area contributed by atoms with Gasteiger partial charge >= 0.3 is 5.97 Å². The van der Waals surface area contributed by atoms with E-state index in [1.165, 1.54) is 4.90 Å². The minimum absolute atomic E-state index is 0.220. The fourth-order valence-corrected chi connectivity index (χ4v) is 5.72. The number of nitrogens with one attached hydrogen (secondary N) is 1. The molecule has 0 aliphatic carbocycles. The summed E-state index contributed by atoms with van der Waals surface area (Å²) in [5.41, 5.74) is -1.05. The third-order valence-electron chi connectivity index (χ3n) is 7.12. The summed E-state index contributed by atoms with van der Waals surface area (Å²) in [5, 5.41) is 12.7. The number of hydrogen-bond acceptors (Lipinski definition) is 8. The Morgan fingerprint density at radius 2 is 2.10 bits per heavy atom. The molecule has 10 nitrogen and oxygen atoms in total. The van der Waals surface area contributed by atoms with E-state index >= 15 is 0 Å². The van der Waals surface area contributed by atoms with Crippen molar-refractivity contribution < 1.29 is 33.7 Å². The number of amides is 2. The number of aliphatic hydroxyl groups excluding tert-OH is 1. The molecular weight excluding hydrogens is 406 g/mol. The monoisotopic (exact) mass is 439 g/mol. The van der Waals surface area contributed by atoms with Gasteiger partial charge in [0.2, 0.25) is 11.8 Å². The number of likely N-dealkylation sites (tertiary alicyclic amines) is 1. The van der Waals surface area contributed by atoms with Crippen LogP contribution in [0.1, 0.15) is 26.7 Å². The Kier molecular flexibility index (Phi) is 6.52. The molecule has 0 unspecified atom stereocenters. The van der Waals surface area contributed by atoms with Gasteiger partial charge in [-0.1, -0.05) is 0 Å². The molecule has 6 atom stereocenters. The van der Waals surface area contributed by atoms with Crippen LogP contribution in [0.3, 0.4) is 0 Å². The van der Waals surface area contributed by atoms with Crippen molar-refractivity contribution in [3.05, 3.63) is 0 Å². The van der Waals surface area contributed by atoms with E-state index in [1.54, 1.807) is 13.8 Å². The van der Waals surface area contributed by atoms with E-state index in [9.17, 15) is 19.5 Å². The molecule has 0 radical (unpaired) electrons. The van der Waals surface area contributed by atoms with E-state index in [-0.39, 0.29) is 25.0 Å². The van der Waals surface area contributed by atoms with E-state index in [4.69, 9.17) is 14.2 Å². The van der Waals surface area contributed by atoms with Crippen molar-refractivity contribution in [2.24, 2.45) is 11.8 Å². The Balaban J connectivity index is 1.54. The van der Waals surface area contributed by atoms with Crippen LogP contribution in [0, 0.1) is 11.8 Å². The first-order chi connectivity index (χ1) is 14.9. The number of aliphatic hydroxyl groups is 1. The van der Waals surface area contributed by atoms with Crippen molar-refractivity contribution in [3.63, 3.8) is 0 Å². The summed E-state index contributed by atoms with van der Waals surface area (Å²) >= 11 is 0. The minimum Gasteiger partial charge on any atom is -0.466 e. The summed E-state index contributed by atoms with van der Waals surface area (Å²) in [7, 11) is 0. The highest BCUT2D eigenvalue weighted by Gasteiger charge is 2.75. The van der Waals surface area contributed by atoms with Crippen molar-refractivity contribution in [1.82, 2.24) is 15.1 Å². The molecule has 4 rings (SSSR count). The molecule has 2 bridgehead atoms. The molecule has 0 aromatic heterocycles. The Morgan fingerprint density at radius 3 is 2.77 bits per heavy atom. The molecule has 174 valence electrons. The average molecular weight is 440 g/mol. The van der Waals surface area contributed by atoms with Gasteiger partial charge in [0, 0.05) is 26.2 Å². The maximum absolute atomic E-state index is 13.5. The van der Waals surface area contributed by atoms with Crippen molar-refractivity contribution >= 4 is 17.8 Å². The fourth-order valence-electron chi connectivity index (χ4n) is 5.72. The lowest BCUT2D eigenvalue weighted by atomic mass is 9.71. The second-order valence-electron chi connectivity index (χ2n) is 8.83. The molecule has 4 fully saturated rings. The Labute approximate surface area is 182 Å². The Bertz CT molecular complexity index is 713. The van der Waals surface area contributed by atoms with Gasteiger partial charge in [0.1, 0.15) is 11.6 Å². The van der Waals surface area contributed by atoms with Crippen LogP contribution in [0.2, 0.25) is 0 Å². The van der Waals surface area contributed by atoms with Crippen LogP contribution >= 0.6 is 0 Å². The lowest BCUT2D eigenvalue weighted by Gasteiger charge is -2.35. The predicted octanol–water partition coefficient (Wildman–Crippen LogP) is -1.25. The van der Waals surface area contributed by atoms with Crippen molar-refractivity contribution in [3.8, 4) is 0 Å². The SMILES string of the molecule is CCOC(=O)[C@@H]1[C@H]2C(=O)N([C@H](C)CO)[C@H](C(=O)NCCN3CCOCC3)[C@]23CC[C@H]1O3. The van der Waals surface area contributed by atoms with Gasteiger partial charge in [-0.2, -0.15) is 0 Å². The first-order valence-corrected chi connectivity index (χ1v) is 11.3. The number of carbonyl (C=O) groups excluding carboxylic acids is 3. The zero-order chi connectivity index (χ0) is 22.2. The van der Waals surface area contributed by atoms with Gasteiger partial charge in [-0.3, -0.25) is 19.3 Å². The molecule has 0 saturated carbocycles. The second kappa shape index (κ2) is 9.01. The zero-order valence-corrected chi connectivity index (χ0v) is 18.2. The summed E-state index contributed by atoms with van der Waals surface area (Å²) in [5.74, 6) is -2.52. The van der Waals surface area contributed by atoms with Crippen molar-refractivity contribution in [2.45, 2.75) is 50.5 Å². The lowest BCUT2D eigenvalue weighted by molar-refractivity contribution is -0.155. The first kappa shape index (κ1) is 22.4. The van der Waals surface area contributed by atoms with Crippen LogP contribution in [0.15, 0.2) is 0 Å². The summed E-state index contributed by atoms with van der Waals surface area (Å²) < 4.78 is 16.8. The number of rotatable bonds is 8. The third-order valence-corrected chi connectivity index (χ3v) is 7.12. The molecule has 4 saturated heterocycles. The van der Waals surface area contributed by atoms with Gasteiger partial charge in [-0.25, -0.2) is 0 Å². The van der Waals surface area contributed by atoms with Crippen molar-refractivity contribution in [1.29, 1.82) is 0 Å². The van der Waals surface area contributed by atoms with E-state index in [0.717, 1.165) is 13.1 Å². The highest BCUT2D eigenvalue weighted by molar-refractivity contribution is 5.98. The number of carbonyl (C=O) groups is 3. The molecule has 2 amide bonds. The van der Waals surface area contributed by atoms with Crippen LogP contribution in [-0.4, -0.2) is 109 Å². The molecule has 4 aliphatic heterocycles. The second-order valence-corrected chi connectivity index (χ2v) is 8.83. The number of esters is 1. The molecule has 4 aliphatic rings. The van der Waals surface area contributed by atoms with Crippen LogP contribution < -0.4 is 5.32 Å². The zero-order valence-electron chi connectivity index (χ0n) is 18.2. The summed E-state index contributed by atoms with van der Waals surface area (Å²) in [4.78, 5) is 43.1. The van der Waals surface area contributed by atoms with Crippen molar-refractivity contribution in [2.75, 3.05) is 52.6 Å². The molecule has 0 aromatic carbocycles. The minimum atomic E-state index is -1.05. The van der Waals surface area contributed by atoms with Gasteiger partial charge in [0.15, 0.2) is 0 Å². The van der Waals surface area contributed by atoms with Gasteiger partial charge in [0.25, 0.3) is 0 Å². The van der Waals surface area contributed by atoms with Crippen LogP contribution in [0.25, 0.3) is 0 Å². The molecular formula is C21H33N3O7. The smallest absolute Gasteiger partial charge is 0.312 e. The molecule has 1 spiro atoms. The van der Waals surface area contributed by atoms with Gasteiger partial charge in [-0.15, -0.1) is 0 Å². The normalized spacial score (nSPS) is 35.8. The van der Waals surface area contributed by atoms with Gasteiger partial charge in [0.05, 0.1) is 50.4 Å². The quantitative estimate of drug-likeness (QED) is 0.451. The number of hydrogen-bond donors (Lipinski definition) is 2. The maximum atomic E-state index is 13.5. The molecule has 2 N–H and O–H groups in total. The third kappa shape index (κ3) is 3.73. The van der Waals surface area contributed by atoms with Crippen LogP contribution in [0.4, 0.5) is 0 Å². The number of morpholine rings is 1. The predicted molar refractivity (Wildman–Crippen MR) is 108 cm³/mol. The summed E-state index contributed by atoms with van der Waals surface area (Å²) in [6.07, 6.45) is 0.718. The van der Waals surface area contributed by atoms with E-state index in [0.29, 0.717) is 39.1 Å². The van der Waals surface area contributed by atoms with E-state index in [1.807, 2.05) is 0 Å². The lowest BCUT2D eigenvalue weighted by Crippen LogP contribution is -2.58. The topological polar surface area (TPSA) is 118 Å². The van der Waals surface area contributed by atoms with Crippen LogP contribution in [0.5, 0.6) is 0 Å². The Hall–Kier alpha value is -1.75. The number of nitrogens with zero attached hydrogens (tertiary/aromatic N) is 2. The largest absolute Gasteiger partial charge is 0.466 e. The maximum Gasteiger partial charge on any atom is 0.312 e. The first-order valence-electron chi connectivity index (χ1n) is 11.3. The van der Waals surface area contributed by atoms with E-state index in [2.05, 4.69) is 10.2 Å². The number of fused-ring (bicyclic) bond motifs is 1. The van der Waals surface area contributed by atoms with Crippen LogP contribution in [-0.2, 0) is 28.6 Å². The highest BCUT2D eigenvalue weighted by Crippen LogP contribution is 2.58. The van der Waals surface area contributed by atoms with E-state index < -0.39 is 41.6 Å². The summed E-state index contributed by atoms with van der Waals surface area (Å²) in [6.45, 7) is 7.51. The molecule has 31 heavy (non-hydrogen) atoms. The van der Waals surface area contributed by atoms with Gasteiger partial charge < -0.3 is 29.5 Å². The summed E-state index contributed by atoms with van der Waals surface area (Å²) in [6, 6.07) is -1.44.